The summed E-state index contributed by atoms with van der Waals surface area (Å²) in [7, 11) is 0. The summed E-state index contributed by atoms with van der Waals surface area (Å²) in [6.07, 6.45) is 1.50. The summed E-state index contributed by atoms with van der Waals surface area (Å²) >= 11 is 1.52. The van der Waals surface area contributed by atoms with Crippen molar-refractivity contribution >= 4 is 22.9 Å². The highest BCUT2D eigenvalue weighted by Gasteiger charge is 2.14. The number of amides is 1. The standard InChI is InChI=1S/C16H13N3O4S/c1-10-7-11(4-5-13(10)19(21)22)15(20)17-8-12-9-23-16(18-12)14-3-2-6-24-14/h2-7,9H,8H2,1H3,(H,17,20). The Balaban J connectivity index is 1.65. The highest BCUT2D eigenvalue weighted by atomic mass is 32.1. The van der Waals surface area contributed by atoms with Crippen molar-refractivity contribution in [3.8, 4) is 10.8 Å². The van der Waals surface area contributed by atoms with E-state index in [1.165, 1.54) is 35.8 Å². The molecule has 24 heavy (non-hydrogen) atoms. The molecule has 0 aliphatic rings. The van der Waals surface area contributed by atoms with E-state index < -0.39 is 4.92 Å². The van der Waals surface area contributed by atoms with Crippen LogP contribution >= 0.6 is 11.3 Å². The van der Waals surface area contributed by atoms with Gasteiger partial charge in [0, 0.05) is 17.2 Å². The van der Waals surface area contributed by atoms with E-state index in [-0.39, 0.29) is 18.1 Å². The zero-order chi connectivity index (χ0) is 17.1. The molecule has 1 aromatic carbocycles. The number of carbonyl (C=O) groups excluding carboxylic acids is 1. The number of thiophene rings is 1. The van der Waals surface area contributed by atoms with E-state index in [2.05, 4.69) is 10.3 Å². The average Bonchev–Trinajstić information content (AvgIpc) is 3.23. The molecule has 0 saturated carbocycles. The van der Waals surface area contributed by atoms with Crippen LogP contribution in [0, 0.1) is 17.0 Å². The highest BCUT2D eigenvalue weighted by Crippen LogP contribution is 2.23. The molecule has 0 unspecified atom stereocenters. The van der Waals surface area contributed by atoms with Crippen LogP contribution < -0.4 is 5.32 Å². The Labute approximate surface area is 141 Å². The first-order valence-corrected chi connectivity index (χ1v) is 7.94. The van der Waals surface area contributed by atoms with Crippen LogP contribution in [0.4, 0.5) is 5.69 Å². The lowest BCUT2D eigenvalue weighted by Crippen LogP contribution is -2.23. The number of carbonyl (C=O) groups is 1. The minimum Gasteiger partial charge on any atom is -0.443 e. The number of nitro groups is 1. The van der Waals surface area contributed by atoms with E-state index in [0.29, 0.717) is 22.7 Å². The van der Waals surface area contributed by atoms with Crippen LogP contribution in [0.5, 0.6) is 0 Å². The van der Waals surface area contributed by atoms with Crippen LogP contribution in [-0.2, 0) is 6.54 Å². The van der Waals surface area contributed by atoms with Crippen molar-refractivity contribution < 1.29 is 14.1 Å². The third kappa shape index (κ3) is 3.33. The largest absolute Gasteiger partial charge is 0.443 e. The Morgan fingerprint density at radius 2 is 2.25 bits per heavy atom. The van der Waals surface area contributed by atoms with Gasteiger partial charge in [0.25, 0.3) is 11.6 Å². The molecule has 0 radical (unpaired) electrons. The first-order chi connectivity index (χ1) is 11.5. The Bertz CT molecular complexity index is 887. The molecule has 122 valence electrons. The van der Waals surface area contributed by atoms with E-state index in [1.807, 2.05) is 17.5 Å². The predicted octanol–water partition coefficient (Wildman–Crippen LogP) is 3.55. The summed E-state index contributed by atoms with van der Waals surface area (Å²) < 4.78 is 5.38. The summed E-state index contributed by atoms with van der Waals surface area (Å²) in [6.45, 7) is 1.81. The molecule has 7 nitrogen and oxygen atoms in total. The number of oxazole rings is 1. The molecule has 0 saturated heterocycles. The SMILES string of the molecule is Cc1cc(C(=O)NCc2coc(-c3cccs3)n2)ccc1[N+](=O)[O-]. The van der Waals surface area contributed by atoms with Crippen molar-refractivity contribution in [3.63, 3.8) is 0 Å². The minimum absolute atomic E-state index is 0.0105. The van der Waals surface area contributed by atoms with Gasteiger partial charge >= 0.3 is 0 Å². The topological polar surface area (TPSA) is 98.3 Å². The molecule has 3 rings (SSSR count). The number of aromatic nitrogens is 1. The van der Waals surface area contributed by atoms with Crippen molar-refractivity contribution in [2.45, 2.75) is 13.5 Å². The van der Waals surface area contributed by atoms with Crippen molar-refractivity contribution in [1.29, 1.82) is 0 Å². The lowest BCUT2D eigenvalue weighted by Gasteiger charge is -2.04. The maximum absolute atomic E-state index is 12.1. The number of hydrogen-bond donors (Lipinski definition) is 1. The molecular weight excluding hydrogens is 330 g/mol. The van der Waals surface area contributed by atoms with Crippen LogP contribution in [0.2, 0.25) is 0 Å². The summed E-state index contributed by atoms with van der Waals surface area (Å²) in [5.41, 5.74) is 1.39. The second kappa shape index (κ2) is 6.63. The first-order valence-electron chi connectivity index (χ1n) is 7.06. The quantitative estimate of drug-likeness (QED) is 0.564. The first kappa shape index (κ1) is 15.9. The summed E-state index contributed by atoms with van der Waals surface area (Å²) in [5.74, 6) is 0.189. The van der Waals surface area contributed by atoms with Crippen LogP contribution in [0.1, 0.15) is 21.6 Å². The number of benzene rings is 1. The smallest absolute Gasteiger partial charge is 0.272 e. The van der Waals surface area contributed by atoms with Gasteiger partial charge in [0.15, 0.2) is 0 Å². The van der Waals surface area contributed by atoms with Crippen LogP contribution in [0.3, 0.4) is 0 Å². The van der Waals surface area contributed by atoms with Gasteiger partial charge in [-0.1, -0.05) is 6.07 Å². The fourth-order valence-corrected chi connectivity index (χ4v) is 2.83. The van der Waals surface area contributed by atoms with Gasteiger partial charge < -0.3 is 9.73 Å². The van der Waals surface area contributed by atoms with Gasteiger partial charge in [0.1, 0.15) is 6.26 Å². The summed E-state index contributed by atoms with van der Waals surface area (Å²) in [5, 5.41) is 15.5. The molecule has 0 atom stereocenters. The van der Waals surface area contributed by atoms with E-state index in [9.17, 15) is 14.9 Å². The van der Waals surface area contributed by atoms with Gasteiger partial charge in [-0.15, -0.1) is 11.3 Å². The second-order valence-electron chi connectivity index (χ2n) is 5.06. The predicted molar refractivity (Wildman–Crippen MR) is 88.8 cm³/mol. The minimum atomic E-state index is -0.474. The Kier molecular flexibility index (Phi) is 4.39. The molecule has 2 heterocycles. The van der Waals surface area contributed by atoms with Crippen LogP contribution in [0.15, 0.2) is 46.4 Å². The van der Waals surface area contributed by atoms with E-state index >= 15 is 0 Å². The monoisotopic (exact) mass is 343 g/mol. The number of nitro benzene ring substituents is 1. The molecular formula is C16H13N3O4S. The maximum Gasteiger partial charge on any atom is 0.272 e. The fraction of sp³-hybridized carbons (Fsp3) is 0.125. The number of aryl methyl sites for hydroxylation is 1. The lowest BCUT2D eigenvalue weighted by atomic mass is 10.1. The van der Waals surface area contributed by atoms with E-state index in [0.717, 1.165) is 4.88 Å². The van der Waals surface area contributed by atoms with Crippen LogP contribution in [0.25, 0.3) is 10.8 Å². The molecule has 0 spiro atoms. The molecule has 3 aromatic rings. The molecule has 0 bridgehead atoms. The molecule has 0 aliphatic heterocycles. The van der Waals surface area contributed by atoms with E-state index in [4.69, 9.17) is 4.42 Å². The van der Waals surface area contributed by atoms with Crippen molar-refractivity contribution in [3.05, 3.63) is 68.9 Å². The molecule has 1 amide bonds. The number of hydrogen-bond acceptors (Lipinski definition) is 6. The van der Waals surface area contributed by atoms with Crippen LogP contribution in [-0.4, -0.2) is 15.8 Å². The zero-order valence-electron chi connectivity index (χ0n) is 12.7. The lowest BCUT2D eigenvalue weighted by molar-refractivity contribution is -0.385. The number of nitrogens with zero attached hydrogens (tertiary/aromatic N) is 2. The second-order valence-corrected chi connectivity index (χ2v) is 6.01. The van der Waals surface area contributed by atoms with Crippen molar-refractivity contribution in [2.24, 2.45) is 0 Å². The number of nitrogens with one attached hydrogen (secondary N) is 1. The number of rotatable bonds is 5. The normalized spacial score (nSPS) is 10.5. The highest BCUT2D eigenvalue weighted by molar-refractivity contribution is 7.13. The van der Waals surface area contributed by atoms with Crippen molar-refractivity contribution in [2.75, 3.05) is 0 Å². The Morgan fingerprint density at radius 3 is 2.92 bits per heavy atom. The molecule has 8 heteroatoms. The third-order valence-corrected chi connectivity index (χ3v) is 4.23. The Morgan fingerprint density at radius 1 is 1.42 bits per heavy atom. The van der Waals surface area contributed by atoms with Crippen molar-refractivity contribution in [1.82, 2.24) is 10.3 Å². The van der Waals surface area contributed by atoms with Gasteiger partial charge in [0.2, 0.25) is 5.89 Å². The maximum atomic E-state index is 12.1. The van der Waals surface area contributed by atoms with Gasteiger partial charge in [-0.2, -0.15) is 0 Å². The molecule has 0 aliphatic carbocycles. The van der Waals surface area contributed by atoms with Gasteiger partial charge in [-0.05, 0) is 30.5 Å². The average molecular weight is 343 g/mol. The molecule has 2 aromatic heterocycles. The third-order valence-electron chi connectivity index (χ3n) is 3.37. The van der Waals surface area contributed by atoms with Gasteiger partial charge in [-0.3, -0.25) is 14.9 Å². The molecule has 0 fully saturated rings. The molecule has 1 N–H and O–H groups in total. The van der Waals surface area contributed by atoms with Gasteiger partial charge in [0.05, 0.1) is 22.0 Å². The summed E-state index contributed by atoms with van der Waals surface area (Å²) in [4.78, 5) is 27.7. The Hall–Kier alpha value is -3.00. The zero-order valence-corrected chi connectivity index (χ0v) is 13.5. The van der Waals surface area contributed by atoms with E-state index in [1.54, 1.807) is 6.92 Å². The van der Waals surface area contributed by atoms with Gasteiger partial charge in [-0.25, -0.2) is 4.98 Å². The fourth-order valence-electron chi connectivity index (χ4n) is 2.18. The summed E-state index contributed by atoms with van der Waals surface area (Å²) in [6, 6.07) is 8.06.